The fraction of sp³-hybridized carbons (Fsp3) is 0.488. The third kappa shape index (κ3) is 13.4. The highest BCUT2D eigenvalue weighted by Gasteiger charge is 2.31. The van der Waals surface area contributed by atoms with Crippen LogP contribution in [0.15, 0.2) is 84.5 Å². The van der Waals surface area contributed by atoms with E-state index in [-0.39, 0.29) is 11.7 Å². The van der Waals surface area contributed by atoms with E-state index in [2.05, 4.69) is 70.1 Å². The lowest BCUT2D eigenvalue weighted by molar-refractivity contribution is -0.126. The van der Waals surface area contributed by atoms with Crippen molar-refractivity contribution in [3.63, 3.8) is 0 Å². The molecule has 2 heterocycles. The summed E-state index contributed by atoms with van der Waals surface area (Å²) in [6, 6.07) is 9.04. The van der Waals surface area contributed by atoms with Gasteiger partial charge in [-0.15, -0.1) is 0 Å². The van der Waals surface area contributed by atoms with E-state index in [1.54, 1.807) is 13.0 Å². The van der Waals surface area contributed by atoms with E-state index in [9.17, 15) is 9.59 Å². The molecule has 266 valence electrons. The molecule has 2 aliphatic rings. The van der Waals surface area contributed by atoms with E-state index < -0.39 is 0 Å². The predicted octanol–water partition coefficient (Wildman–Crippen LogP) is 10.6. The number of allylic oxidation sites excluding steroid dienone is 8. The van der Waals surface area contributed by atoms with Crippen LogP contribution in [0.5, 0.6) is 0 Å². The fourth-order valence-corrected chi connectivity index (χ4v) is 6.11. The molecule has 0 saturated heterocycles. The van der Waals surface area contributed by atoms with Crippen LogP contribution in [0.4, 0.5) is 0 Å². The summed E-state index contributed by atoms with van der Waals surface area (Å²) in [4.78, 5) is 25.5. The van der Waals surface area contributed by atoms with Gasteiger partial charge >= 0.3 is 0 Å². The van der Waals surface area contributed by atoms with Crippen LogP contribution in [0.25, 0.3) is 5.69 Å². The van der Waals surface area contributed by atoms with Crippen molar-refractivity contribution in [1.82, 2.24) is 14.7 Å². The molecule has 49 heavy (non-hydrogen) atoms. The summed E-state index contributed by atoms with van der Waals surface area (Å²) in [5, 5.41) is 11.5. The molecule has 1 aromatic carbocycles. The van der Waals surface area contributed by atoms with Gasteiger partial charge in [0.2, 0.25) is 5.91 Å². The van der Waals surface area contributed by atoms with Crippen molar-refractivity contribution < 1.29 is 9.59 Å². The third-order valence-corrected chi connectivity index (χ3v) is 8.78. The summed E-state index contributed by atoms with van der Waals surface area (Å²) in [5.74, 6) is 1.29. The number of carbonyl (C=O) groups excluding carboxylic acids is 2. The van der Waals surface area contributed by atoms with Gasteiger partial charge in [0, 0.05) is 48.5 Å². The minimum atomic E-state index is 0.0387. The number of hydrogen-bond donors (Lipinski definition) is 1. The minimum absolute atomic E-state index is 0.0387. The summed E-state index contributed by atoms with van der Waals surface area (Å²) in [7, 11) is 0. The molecule has 1 aliphatic heterocycles. The van der Waals surface area contributed by atoms with Gasteiger partial charge in [0.1, 0.15) is 0 Å². The number of benzene rings is 1. The van der Waals surface area contributed by atoms with E-state index in [0.29, 0.717) is 5.92 Å². The first-order valence-electron chi connectivity index (χ1n) is 18.5. The molecule has 1 unspecified atom stereocenters. The molecule has 4 rings (SSSR count). The molecule has 6 nitrogen and oxygen atoms in total. The Bertz CT molecular complexity index is 1470. The number of amides is 1. The number of hydrogen-bond acceptors (Lipinski definition) is 4. The molecular formula is C43H62N4O2. The molecule has 0 radical (unpaired) electrons. The number of nitrogens with zero attached hydrogens (tertiary/aromatic N) is 3. The number of fused-ring (bicyclic) bond motifs is 1. The minimum Gasteiger partial charge on any atom is -0.338 e. The van der Waals surface area contributed by atoms with Gasteiger partial charge in [0.05, 0.1) is 11.4 Å². The highest BCUT2D eigenvalue weighted by molar-refractivity contribution is 5.96. The van der Waals surface area contributed by atoms with E-state index >= 15 is 0 Å². The van der Waals surface area contributed by atoms with E-state index in [1.165, 1.54) is 58.9 Å². The second kappa shape index (κ2) is 22.6. The van der Waals surface area contributed by atoms with E-state index in [0.717, 1.165) is 75.9 Å². The molecule has 0 bridgehead atoms. The zero-order valence-corrected chi connectivity index (χ0v) is 31.4. The van der Waals surface area contributed by atoms with E-state index in [1.807, 2.05) is 42.2 Å². The number of nitrogens with one attached hydrogen (secondary N) is 1. The summed E-state index contributed by atoms with van der Waals surface area (Å²) >= 11 is 0. The topological polar surface area (TPSA) is 79.1 Å². The Morgan fingerprint density at radius 3 is 2.24 bits per heavy atom. The molecule has 0 spiro atoms. The highest BCUT2D eigenvalue weighted by Crippen LogP contribution is 2.40. The largest absolute Gasteiger partial charge is 0.338 e. The van der Waals surface area contributed by atoms with Gasteiger partial charge in [-0.25, -0.2) is 4.68 Å². The van der Waals surface area contributed by atoms with Crippen LogP contribution in [-0.2, 0) is 22.4 Å². The lowest BCUT2D eigenvalue weighted by Gasteiger charge is -2.24. The second-order valence-corrected chi connectivity index (χ2v) is 13.0. The highest BCUT2D eigenvalue weighted by atomic mass is 16.2. The van der Waals surface area contributed by atoms with Crippen LogP contribution in [0.2, 0.25) is 0 Å². The normalized spacial score (nSPS) is 16.3. The Hall–Kier alpha value is -4.06. The molecule has 1 amide bonds. The Balaban J connectivity index is 0.000000350. The van der Waals surface area contributed by atoms with Crippen molar-refractivity contribution in [2.24, 2.45) is 0 Å². The van der Waals surface area contributed by atoms with Crippen LogP contribution in [0, 0.1) is 5.41 Å². The SMILES string of the molecule is C/C=C\C=N.C=CC(=O)N1CCc2nn(-c3ccc(C4CC4)cc3)c(CCC)c2C(CCC)C1.CC/C=C/C(=C\C=C(/C)CCC)C(C)=O. The Morgan fingerprint density at radius 1 is 1.02 bits per heavy atom. The maximum Gasteiger partial charge on any atom is 0.245 e. The zero-order chi connectivity index (χ0) is 36.2. The lowest BCUT2D eigenvalue weighted by Crippen LogP contribution is -2.33. The van der Waals surface area contributed by atoms with Crippen molar-refractivity contribution in [3.05, 3.63) is 107 Å². The van der Waals surface area contributed by atoms with Gasteiger partial charge in [-0.05, 0) is 95.1 Å². The summed E-state index contributed by atoms with van der Waals surface area (Å²) < 4.78 is 2.19. The van der Waals surface area contributed by atoms with Crippen molar-refractivity contribution in [3.8, 4) is 5.69 Å². The van der Waals surface area contributed by atoms with Gasteiger partial charge in [0.25, 0.3) is 0 Å². The van der Waals surface area contributed by atoms with Crippen molar-refractivity contribution in [2.45, 2.75) is 125 Å². The van der Waals surface area contributed by atoms with Crippen LogP contribution >= 0.6 is 0 Å². The Kier molecular flexibility index (Phi) is 18.9. The smallest absolute Gasteiger partial charge is 0.245 e. The number of rotatable bonds is 14. The number of ketones is 1. The standard InChI is InChI=1S/C25H33N3O.C14H22O.C4H7N/c1-4-7-20-17-27(24(29)6-3)16-15-22-25(20)23(8-5-2)28(26-22)21-13-11-19(12-14-21)18-9-10-18;1-5-7-9-14(13(4)15)11-10-12(3)8-6-2;1-2-3-4-5/h6,11-14,18,20H,3-5,7-10,15-17H2,1-2H3;7,9-11H,5-6,8H2,1-4H3;2-5H,1H3/b;9-7+,12-10+,14-11+;3-2-,5-4?. The van der Waals surface area contributed by atoms with Gasteiger partial charge < -0.3 is 10.3 Å². The first-order chi connectivity index (χ1) is 23.7. The summed E-state index contributed by atoms with van der Waals surface area (Å²) in [6.45, 7) is 19.4. The van der Waals surface area contributed by atoms with Crippen molar-refractivity contribution in [2.75, 3.05) is 13.1 Å². The van der Waals surface area contributed by atoms with E-state index in [4.69, 9.17) is 10.5 Å². The van der Waals surface area contributed by atoms with Crippen LogP contribution in [0.1, 0.15) is 134 Å². The molecule has 1 atom stereocenters. The monoisotopic (exact) mass is 666 g/mol. The van der Waals surface area contributed by atoms with Crippen molar-refractivity contribution >= 4 is 17.9 Å². The lowest BCUT2D eigenvalue weighted by atomic mass is 9.91. The maximum atomic E-state index is 12.3. The molecule has 1 saturated carbocycles. The van der Waals surface area contributed by atoms with Crippen LogP contribution < -0.4 is 0 Å². The fourth-order valence-electron chi connectivity index (χ4n) is 6.11. The van der Waals surface area contributed by atoms with Crippen LogP contribution in [-0.4, -0.2) is 45.7 Å². The summed E-state index contributed by atoms with van der Waals surface area (Å²) in [6.07, 6.45) is 25.0. The van der Waals surface area contributed by atoms with Gasteiger partial charge in [0.15, 0.2) is 5.78 Å². The molecule has 2 aromatic rings. The molecule has 6 heteroatoms. The van der Waals surface area contributed by atoms with Crippen molar-refractivity contribution in [1.29, 1.82) is 5.41 Å². The number of carbonyl (C=O) groups is 2. The zero-order valence-electron chi connectivity index (χ0n) is 31.4. The number of aromatic nitrogens is 2. The van der Waals surface area contributed by atoms with Gasteiger partial charge in [-0.3, -0.25) is 9.59 Å². The second-order valence-electron chi connectivity index (χ2n) is 13.0. The molecule has 1 aliphatic carbocycles. The average Bonchev–Trinajstić information content (AvgIpc) is 3.91. The quantitative estimate of drug-likeness (QED) is 0.124. The maximum absolute atomic E-state index is 12.3. The predicted molar refractivity (Wildman–Crippen MR) is 208 cm³/mol. The molecular weight excluding hydrogens is 604 g/mol. The first-order valence-corrected chi connectivity index (χ1v) is 18.5. The molecule has 1 aromatic heterocycles. The first kappa shape index (κ1) is 41.1. The number of Topliss-reactive ketones (excluding diaryl/α,β-unsaturated/α-hetero) is 1. The van der Waals surface area contributed by atoms with Gasteiger partial charge in [-0.1, -0.05) is 102 Å². The Labute approximate surface area is 297 Å². The average molecular weight is 667 g/mol. The molecule has 1 fully saturated rings. The summed E-state index contributed by atoms with van der Waals surface area (Å²) in [5.41, 5.74) is 8.65. The molecule has 1 N–H and O–H groups in total. The van der Waals surface area contributed by atoms with Gasteiger partial charge in [-0.2, -0.15) is 5.10 Å². The third-order valence-electron chi connectivity index (χ3n) is 8.78. The van der Waals surface area contributed by atoms with Crippen LogP contribution in [0.3, 0.4) is 0 Å². The Morgan fingerprint density at radius 2 is 1.73 bits per heavy atom.